The second-order valence-corrected chi connectivity index (χ2v) is 9.37. The fourth-order valence-electron chi connectivity index (χ4n) is 4.40. The van der Waals surface area contributed by atoms with E-state index in [0.29, 0.717) is 13.1 Å². The molecule has 3 aromatic rings. The Bertz CT molecular complexity index is 1180. The minimum absolute atomic E-state index is 0.133. The highest BCUT2D eigenvalue weighted by Crippen LogP contribution is 2.38. The van der Waals surface area contributed by atoms with Crippen molar-refractivity contribution in [1.29, 1.82) is 0 Å². The molecular weight excluding hydrogens is 436 g/mol. The molecule has 2 aromatic carbocycles. The highest BCUT2D eigenvalue weighted by molar-refractivity contribution is 7.98. The molecular formula is C25H26N4O3S. The third-order valence-electron chi connectivity index (χ3n) is 6.04. The molecule has 1 aromatic heterocycles. The number of H-pyrrole nitrogens is 1. The molecule has 0 spiro atoms. The number of benzene rings is 2. The second kappa shape index (κ2) is 9.31. The number of cyclic esters (lactones) is 1. The summed E-state index contributed by atoms with van der Waals surface area (Å²) < 4.78 is 5.42. The van der Waals surface area contributed by atoms with Gasteiger partial charge in [-0.05, 0) is 42.5 Å². The monoisotopic (exact) mass is 462 g/mol. The molecule has 2 aliphatic rings. The van der Waals surface area contributed by atoms with Crippen molar-refractivity contribution in [3.63, 3.8) is 0 Å². The van der Waals surface area contributed by atoms with E-state index in [0.717, 1.165) is 47.0 Å². The van der Waals surface area contributed by atoms with Crippen molar-refractivity contribution in [2.75, 3.05) is 18.0 Å². The predicted octanol–water partition coefficient (Wildman–Crippen LogP) is 4.32. The van der Waals surface area contributed by atoms with Gasteiger partial charge in [-0.25, -0.2) is 4.79 Å². The van der Waals surface area contributed by atoms with Crippen LogP contribution in [0, 0.1) is 0 Å². The number of aromatic nitrogens is 2. The Labute approximate surface area is 196 Å². The number of rotatable bonds is 6. The molecule has 0 saturated carbocycles. The number of hydrogen-bond donors (Lipinski definition) is 2. The van der Waals surface area contributed by atoms with Crippen molar-refractivity contribution in [2.24, 2.45) is 0 Å². The molecule has 1 saturated heterocycles. The number of thioether (sulfide) groups is 1. The van der Waals surface area contributed by atoms with E-state index >= 15 is 0 Å². The van der Waals surface area contributed by atoms with Gasteiger partial charge < -0.3 is 10.1 Å². The normalized spacial score (nSPS) is 17.2. The molecule has 2 amide bonds. The van der Waals surface area contributed by atoms with Gasteiger partial charge in [-0.2, -0.15) is 5.10 Å². The summed E-state index contributed by atoms with van der Waals surface area (Å²) in [5.41, 5.74) is 6.81. The first kappa shape index (κ1) is 21.6. The van der Waals surface area contributed by atoms with Gasteiger partial charge >= 0.3 is 6.09 Å². The van der Waals surface area contributed by atoms with Crippen molar-refractivity contribution in [3.05, 3.63) is 65.2 Å². The van der Waals surface area contributed by atoms with Crippen molar-refractivity contribution in [2.45, 2.75) is 43.1 Å². The van der Waals surface area contributed by atoms with E-state index in [1.165, 1.54) is 23.6 Å². The lowest BCUT2D eigenvalue weighted by atomic mass is 10.0. The van der Waals surface area contributed by atoms with E-state index in [4.69, 9.17) is 4.74 Å². The van der Waals surface area contributed by atoms with Crippen LogP contribution in [0.1, 0.15) is 30.0 Å². The summed E-state index contributed by atoms with van der Waals surface area (Å²) in [6.45, 7) is 2.20. The van der Waals surface area contributed by atoms with Gasteiger partial charge in [0.15, 0.2) is 0 Å². The first-order valence-electron chi connectivity index (χ1n) is 11.2. The molecule has 1 aliphatic heterocycles. The van der Waals surface area contributed by atoms with Gasteiger partial charge in [-0.15, -0.1) is 0 Å². The Morgan fingerprint density at radius 1 is 1.24 bits per heavy atom. The second-order valence-electron chi connectivity index (χ2n) is 8.41. The van der Waals surface area contributed by atoms with E-state index in [1.807, 2.05) is 12.1 Å². The Kier molecular flexibility index (Phi) is 6.09. The molecule has 0 radical (unpaired) electrons. The van der Waals surface area contributed by atoms with Crippen molar-refractivity contribution in [3.8, 4) is 11.3 Å². The minimum Gasteiger partial charge on any atom is -0.442 e. The third-order valence-corrected chi connectivity index (χ3v) is 7.13. The van der Waals surface area contributed by atoms with Crippen molar-refractivity contribution >= 4 is 29.4 Å². The molecule has 0 bridgehead atoms. The number of amides is 2. The Balaban J connectivity index is 1.35. The van der Waals surface area contributed by atoms with E-state index in [1.54, 1.807) is 16.7 Å². The standard InChI is InChI=1S/C25H26N4O3S/c1-16(30)26-13-20-14-29(25(31)32-20)19-10-11-21-18(12-19)8-5-9-22-23(21)27-28-24(22)33-15-17-6-3-2-4-7-17/h2-4,6-7,10-12,20H,5,8-9,13-15H2,1H3,(H,26,30)(H,27,28)/t20-/m0/s1. The number of fused-ring (bicyclic) bond motifs is 3. The van der Waals surface area contributed by atoms with Gasteiger partial charge in [0.1, 0.15) is 11.1 Å². The summed E-state index contributed by atoms with van der Waals surface area (Å²) >= 11 is 1.77. The number of ether oxygens (including phenoxy) is 1. The number of carbonyl (C=O) groups excluding carboxylic acids is 2. The van der Waals surface area contributed by atoms with E-state index in [9.17, 15) is 9.59 Å². The van der Waals surface area contributed by atoms with Crippen LogP contribution in [0.2, 0.25) is 0 Å². The van der Waals surface area contributed by atoms with Crippen LogP contribution >= 0.6 is 11.8 Å². The average Bonchev–Trinajstić information content (AvgIpc) is 3.34. The minimum atomic E-state index is -0.374. The van der Waals surface area contributed by atoms with E-state index in [-0.39, 0.29) is 18.1 Å². The number of nitrogens with one attached hydrogen (secondary N) is 2. The molecule has 170 valence electrons. The van der Waals surface area contributed by atoms with Gasteiger partial charge in [0, 0.05) is 29.5 Å². The number of aromatic amines is 1. The summed E-state index contributed by atoms with van der Waals surface area (Å²) in [7, 11) is 0. The number of aryl methyl sites for hydroxylation is 1. The van der Waals surface area contributed by atoms with Crippen LogP contribution in [0.25, 0.3) is 11.3 Å². The van der Waals surface area contributed by atoms with Crippen LogP contribution in [0.15, 0.2) is 53.6 Å². The van der Waals surface area contributed by atoms with Gasteiger partial charge in [0.2, 0.25) is 5.91 Å². The molecule has 2 heterocycles. The van der Waals surface area contributed by atoms with Crippen LogP contribution < -0.4 is 10.2 Å². The van der Waals surface area contributed by atoms with Crippen LogP contribution in [0.3, 0.4) is 0 Å². The summed E-state index contributed by atoms with van der Waals surface area (Å²) in [6, 6.07) is 16.6. The Hall–Kier alpha value is -3.26. The lowest BCUT2D eigenvalue weighted by Crippen LogP contribution is -2.33. The predicted molar refractivity (Wildman–Crippen MR) is 128 cm³/mol. The van der Waals surface area contributed by atoms with Gasteiger partial charge in [0.05, 0.1) is 18.8 Å². The molecule has 0 unspecified atom stereocenters. The molecule has 2 N–H and O–H groups in total. The van der Waals surface area contributed by atoms with Crippen molar-refractivity contribution < 1.29 is 14.3 Å². The summed E-state index contributed by atoms with van der Waals surface area (Å²) in [6.07, 6.45) is 2.21. The molecule has 1 fully saturated rings. The zero-order valence-corrected chi connectivity index (χ0v) is 19.3. The average molecular weight is 463 g/mol. The quantitative estimate of drug-likeness (QED) is 0.533. The van der Waals surface area contributed by atoms with Crippen LogP contribution in [0.4, 0.5) is 10.5 Å². The molecule has 8 heteroatoms. The summed E-state index contributed by atoms with van der Waals surface area (Å²) in [5.74, 6) is 0.756. The fraction of sp³-hybridized carbons (Fsp3) is 0.320. The highest BCUT2D eigenvalue weighted by atomic mass is 32.2. The zero-order chi connectivity index (χ0) is 22.8. The number of anilines is 1. The Morgan fingerprint density at radius 2 is 2.09 bits per heavy atom. The van der Waals surface area contributed by atoms with Crippen LogP contribution in [-0.4, -0.2) is 41.4 Å². The highest BCUT2D eigenvalue weighted by Gasteiger charge is 2.33. The van der Waals surface area contributed by atoms with E-state index < -0.39 is 0 Å². The SMILES string of the molecule is CC(=O)NC[C@H]1CN(c2ccc3c(c2)CCCc2c(SCc4ccccc4)n[nH]c2-3)C(=O)O1. The lowest BCUT2D eigenvalue weighted by Gasteiger charge is -2.16. The largest absolute Gasteiger partial charge is 0.442 e. The number of carbonyl (C=O) groups is 2. The first-order chi connectivity index (χ1) is 16.1. The summed E-state index contributed by atoms with van der Waals surface area (Å²) in [4.78, 5) is 25.2. The number of hydrogen-bond acceptors (Lipinski definition) is 5. The maximum atomic E-state index is 12.4. The maximum absolute atomic E-state index is 12.4. The molecule has 1 aliphatic carbocycles. The number of nitrogens with zero attached hydrogens (tertiary/aromatic N) is 2. The molecule has 33 heavy (non-hydrogen) atoms. The maximum Gasteiger partial charge on any atom is 0.414 e. The molecule has 7 nitrogen and oxygen atoms in total. The zero-order valence-electron chi connectivity index (χ0n) is 18.5. The van der Waals surface area contributed by atoms with E-state index in [2.05, 4.69) is 51.9 Å². The smallest absolute Gasteiger partial charge is 0.414 e. The Morgan fingerprint density at radius 3 is 2.91 bits per heavy atom. The fourth-order valence-corrected chi connectivity index (χ4v) is 5.38. The lowest BCUT2D eigenvalue weighted by molar-refractivity contribution is -0.119. The van der Waals surface area contributed by atoms with Gasteiger partial charge in [-0.1, -0.05) is 48.2 Å². The topological polar surface area (TPSA) is 87.3 Å². The molecule has 5 rings (SSSR count). The van der Waals surface area contributed by atoms with Crippen molar-refractivity contribution in [1.82, 2.24) is 15.5 Å². The third kappa shape index (κ3) is 4.61. The van der Waals surface area contributed by atoms with Gasteiger partial charge in [-0.3, -0.25) is 14.8 Å². The summed E-state index contributed by atoms with van der Waals surface area (Å²) in [5, 5.41) is 11.7. The van der Waals surface area contributed by atoms with Gasteiger partial charge in [0.25, 0.3) is 0 Å². The first-order valence-corrected chi connectivity index (χ1v) is 12.2. The van der Waals surface area contributed by atoms with Crippen LogP contribution in [0.5, 0.6) is 0 Å². The molecule has 1 atom stereocenters. The van der Waals surface area contributed by atoms with Crippen LogP contribution in [-0.2, 0) is 28.1 Å².